The van der Waals surface area contributed by atoms with Gasteiger partial charge in [-0.2, -0.15) is 0 Å². The third-order valence-electron chi connectivity index (χ3n) is 3.14. The minimum atomic E-state index is 0.0671. The molecule has 2 heterocycles. The van der Waals surface area contributed by atoms with E-state index >= 15 is 0 Å². The van der Waals surface area contributed by atoms with Crippen LogP contribution in [0.2, 0.25) is 0 Å². The van der Waals surface area contributed by atoms with Crippen molar-refractivity contribution < 1.29 is 9.47 Å². The predicted octanol–water partition coefficient (Wildman–Crippen LogP) is 1.39. The van der Waals surface area contributed by atoms with E-state index in [0.29, 0.717) is 12.5 Å². The lowest BCUT2D eigenvalue weighted by atomic mass is 10.2. The number of nitrogens with one attached hydrogen (secondary N) is 1. The first-order valence-corrected chi connectivity index (χ1v) is 6.51. The fourth-order valence-electron chi connectivity index (χ4n) is 2.24. The van der Waals surface area contributed by atoms with Crippen molar-refractivity contribution in [1.29, 1.82) is 0 Å². The van der Waals surface area contributed by atoms with Gasteiger partial charge in [0.15, 0.2) is 0 Å². The Kier molecular flexibility index (Phi) is 3.57. The average Bonchev–Trinajstić information content (AvgIpc) is 2.45. The van der Waals surface area contributed by atoms with Gasteiger partial charge in [0.1, 0.15) is 19.0 Å². The molecule has 100 valence electrons. The summed E-state index contributed by atoms with van der Waals surface area (Å²) in [5.41, 5.74) is 0.892. The average molecular weight is 259 g/mol. The molecule has 2 atom stereocenters. The van der Waals surface area contributed by atoms with E-state index in [1.807, 2.05) is 24.3 Å². The molecule has 1 saturated heterocycles. The fourth-order valence-corrected chi connectivity index (χ4v) is 2.24. The Balaban J connectivity index is 1.71. The van der Waals surface area contributed by atoms with Crippen LogP contribution in [-0.4, -0.2) is 41.9 Å². The lowest BCUT2D eigenvalue weighted by molar-refractivity contribution is -0.0474. The standard InChI is InChI=1S/C14H17N3O2/c1-10-6-15-7-11(19-10)8-18-14-12-4-2-3-5-13(12)16-9-17-14/h2-5,9-11,15H,6-8H2,1H3. The second kappa shape index (κ2) is 5.50. The highest BCUT2D eigenvalue weighted by Crippen LogP contribution is 2.20. The molecule has 3 rings (SSSR count). The van der Waals surface area contributed by atoms with E-state index in [9.17, 15) is 0 Å². The van der Waals surface area contributed by atoms with Gasteiger partial charge in [-0.25, -0.2) is 9.97 Å². The van der Waals surface area contributed by atoms with Crippen molar-refractivity contribution in [2.45, 2.75) is 19.1 Å². The predicted molar refractivity (Wildman–Crippen MR) is 72.2 cm³/mol. The topological polar surface area (TPSA) is 56.3 Å². The van der Waals surface area contributed by atoms with Crippen molar-refractivity contribution >= 4 is 10.9 Å². The summed E-state index contributed by atoms with van der Waals surface area (Å²) >= 11 is 0. The van der Waals surface area contributed by atoms with Crippen LogP contribution in [0.3, 0.4) is 0 Å². The quantitative estimate of drug-likeness (QED) is 0.902. The second-order valence-electron chi connectivity index (χ2n) is 4.73. The van der Waals surface area contributed by atoms with Crippen LogP contribution in [0.1, 0.15) is 6.92 Å². The van der Waals surface area contributed by atoms with Crippen molar-refractivity contribution in [2.24, 2.45) is 0 Å². The molecule has 5 nitrogen and oxygen atoms in total. The van der Waals surface area contributed by atoms with Gasteiger partial charge >= 0.3 is 0 Å². The highest BCUT2D eigenvalue weighted by Gasteiger charge is 2.19. The molecule has 5 heteroatoms. The Bertz CT molecular complexity index is 556. The van der Waals surface area contributed by atoms with Gasteiger partial charge in [0.25, 0.3) is 0 Å². The Labute approximate surface area is 112 Å². The van der Waals surface area contributed by atoms with Gasteiger partial charge in [-0.1, -0.05) is 12.1 Å². The molecular weight excluding hydrogens is 242 g/mol. The first kappa shape index (κ1) is 12.3. The highest BCUT2D eigenvalue weighted by atomic mass is 16.5. The summed E-state index contributed by atoms with van der Waals surface area (Å²) < 4.78 is 11.6. The van der Waals surface area contributed by atoms with E-state index in [2.05, 4.69) is 22.2 Å². The monoisotopic (exact) mass is 259 g/mol. The third-order valence-corrected chi connectivity index (χ3v) is 3.14. The molecule has 1 N–H and O–H groups in total. The zero-order chi connectivity index (χ0) is 13.1. The number of aromatic nitrogens is 2. The number of hydrogen-bond acceptors (Lipinski definition) is 5. The summed E-state index contributed by atoms with van der Waals surface area (Å²) in [7, 11) is 0. The van der Waals surface area contributed by atoms with Crippen LogP contribution >= 0.6 is 0 Å². The molecule has 1 aliphatic heterocycles. The van der Waals surface area contributed by atoms with Crippen LogP contribution in [0.5, 0.6) is 5.88 Å². The molecule has 0 saturated carbocycles. The SMILES string of the molecule is CC1CNCC(COc2ncnc3ccccc23)O1. The van der Waals surface area contributed by atoms with Crippen molar-refractivity contribution in [2.75, 3.05) is 19.7 Å². The molecule has 0 radical (unpaired) electrons. The van der Waals surface area contributed by atoms with E-state index in [1.54, 1.807) is 0 Å². The Hall–Kier alpha value is -1.72. The number of nitrogens with zero attached hydrogens (tertiary/aromatic N) is 2. The molecule has 0 bridgehead atoms. The molecule has 1 aromatic carbocycles. The smallest absolute Gasteiger partial charge is 0.224 e. The molecule has 2 unspecified atom stereocenters. The molecular formula is C14H17N3O2. The van der Waals surface area contributed by atoms with E-state index in [0.717, 1.165) is 24.0 Å². The van der Waals surface area contributed by atoms with Gasteiger partial charge in [-0.15, -0.1) is 0 Å². The number of rotatable bonds is 3. The number of morpholine rings is 1. The lowest BCUT2D eigenvalue weighted by Gasteiger charge is -2.28. The Morgan fingerprint density at radius 2 is 2.21 bits per heavy atom. The van der Waals surface area contributed by atoms with Crippen molar-refractivity contribution in [3.63, 3.8) is 0 Å². The number of para-hydroxylation sites is 1. The van der Waals surface area contributed by atoms with Gasteiger partial charge in [-0.3, -0.25) is 0 Å². The molecule has 0 spiro atoms. The third kappa shape index (κ3) is 2.83. The van der Waals surface area contributed by atoms with Gasteiger partial charge in [-0.05, 0) is 19.1 Å². The summed E-state index contributed by atoms with van der Waals surface area (Å²) in [5.74, 6) is 0.618. The van der Waals surface area contributed by atoms with E-state index in [1.165, 1.54) is 6.33 Å². The van der Waals surface area contributed by atoms with Crippen LogP contribution in [0, 0.1) is 0 Å². The van der Waals surface area contributed by atoms with Gasteiger partial charge in [0.2, 0.25) is 5.88 Å². The van der Waals surface area contributed by atoms with Crippen LogP contribution in [0.15, 0.2) is 30.6 Å². The van der Waals surface area contributed by atoms with Crippen LogP contribution in [0.25, 0.3) is 10.9 Å². The van der Waals surface area contributed by atoms with Gasteiger partial charge in [0.05, 0.1) is 17.0 Å². The maximum Gasteiger partial charge on any atom is 0.224 e. The summed E-state index contributed by atoms with van der Waals surface area (Å²) in [6.07, 6.45) is 1.82. The number of ether oxygens (including phenoxy) is 2. The first-order chi connectivity index (χ1) is 9.33. The van der Waals surface area contributed by atoms with Crippen LogP contribution in [0.4, 0.5) is 0 Å². The normalized spacial score (nSPS) is 23.4. The maximum absolute atomic E-state index is 5.79. The van der Waals surface area contributed by atoms with Crippen molar-refractivity contribution in [1.82, 2.24) is 15.3 Å². The minimum Gasteiger partial charge on any atom is -0.474 e. The van der Waals surface area contributed by atoms with E-state index in [-0.39, 0.29) is 12.2 Å². The zero-order valence-electron chi connectivity index (χ0n) is 10.9. The number of benzene rings is 1. The Morgan fingerprint density at radius 3 is 3.11 bits per heavy atom. The summed E-state index contributed by atoms with van der Waals surface area (Å²) in [6, 6.07) is 7.83. The molecule has 0 aliphatic carbocycles. The summed E-state index contributed by atoms with van der Waals surface area (Å²) in [6.45, 7) is 4.26. The first-order valence-electron chi connectivity index (χ1n) is 6.51. The van der Waals surface area contributed by atoms with Crippen LogP contribution in [-0.2, 0) is 4.74 Å². The highest BCUT2D eigenvalue weighted by molar-refractivity contribution is 5.82. The number of hydrogen-bond donors (Lipinski definition) is 1. The molecule has 1 aromatic heterocycles. The maximum atomic E-state index is 5.79. The van der Waals surface area contributed by atoms with Gasteiger partial charge < -0.3 is 14.8 Å². The van der Waals surface area contributed by atoms with E-state index in [4.69, 9.17) is 9.47 Å². The zero-order valence-corrected chi connectivity index (χ0v) is 10.9. The van der Waals surface area contributed by atoms with E-state index < -0.39 is 0 Å². The molecule has 19 heavy (non-hydrogen) atoms. The van der Waals surface area contributed by atoms with Crippen LogP contribution < -0.4 is 10.1 Å². The van der Waals surface area contributed by atoms with Crippen molar-refractivity contribution in [3.8, 4) is 5.88 Å². The summed E-state index contributed by atoms with van der Waals surface area (Å²) in [5, 5.41) is 4.25. The molecule has 1 aliphatic rings. The molecule has 2 aromatic rings. The Morgan fingerprint density at radius 1 is 1.32 bits per heavy atom. The van der Waals surface area contributed by atoms with Gasteiger partial charge in [0, 0.05) is 13.1 Å². The summed E-state index contributed by atoms with van der Waals surface area (Å²) in [4.78, 5) is 8.41. The largest absolute Gasteiger partial charge is 0.474 e. The molecule has 1 fully saturated rings. The fraction of sp³-hybridized carbons (Fsp3) is 0.429. The lowest BCUT2D eigenvalue weighted by Crippen LogP contribution is -2.45. The minimum absolute atomic E-state index is 0.0671. The molecule has 0 amide bonds. The number of fused-ring (bicyclic) bond motifs is 1. The van der Waals surface area contributed by atoms with Crippen molar-refractivity contribution in [3.05, 3.63) is 30.6 Å². The second-order valence-corrected chi connectivity index (χ2v) is 4.73.